The van der Waals surface area contributed by atoms with Gasteiger partial charge in [-0.1, -0.05) is 12.1 Å². The average Bonchev–Trinajstić information content (AvgIpc) is 2.56. The zero-order valence-corrected chi connectivity index (χ0v) is 15.0. The van der Waals surface area contributed by atoms with E-state index in [1.165, 1.54) is 4.90 Å². The zero-order chi connectivity index (χ0) is 17.6. The van der Waals surface area contributed by atoms with Crippen LogP contribution < -0.4 is 10.4 Å². The minimum atomic E-state index is -0.983. The molecular weight excluding hydrogens is 293 g/mol. The Labute approximate surface area is 138 Å². The molecular formula is C17H26BNO4. The van der Waals surface area contributed by atoms with Crippen LogP contribution in [0.4, 0.5) is 10.5 Å². The highest BCUT2D eigenvalue weighted by Crippen LogP contribution is 2.36. The second-order valence-corrected chi connectivity index (χ2v) is 7.97. The minimum absolute atomic E-state index is 0.426. The molecule has 1 aliphatic heterocycles. The van der Waals surface area contributed by atoms with E-state index < -0.39 is 30.0 Å². The summed E-state index contributed by atoms with van der Waals surface area (Å²) >= 11 is 0. The van der Waals surface area contributed by atoms with Crippen molar-refractivity contribution >= 4 is 24.4 Å². The molecule has 0 atom stereocenters. The number of carbonyl (C=O) groups is 1. The van der Waals surface area contributed by atoms with E-state index >= 15 is 0 Å². The van der Waals surface area contributed by atoms with E-state index in [1.54, 1.807) is 6.07 Å². The monoisotopic (exact) mass is 319 g/mol. The molecule has 1 aromatic rings. The van der Waals surface area contributed by atoms with E-state index in [9.17, 15) is 9.90 Å². The van der Waals surface area contributed by atoms with E-state index in [0.717, 1.165) is 5.46 Å². The number of anilines is 1. The Balaban J connectivity index is 2.37. The molecule has 1 aliphatic rings. The van der Waals surface area contributed by atoms with Crippen molar-refractivity contribution < 1.29 is 19.2 Å². The van der Waals surface area contributed by atoms with Gasteiger partial charge in [0.2, 0.25) is 0 Å². The third kappa shape index (κ3) is 3.38. The Hall–Kier alpha value is -1.53. The summed E-state index contributed by atoms with van der Waals surface area (Å²) < 4.78 is 12.1. The highest BCUT2D eigenvalue weighted by atomic mass is 16.7. The molecule has 1 aromatic carbocycles. The van der Waals surface area contributed by atoms with Crippen molar-refractivity contribution in [3.8, 4) is 0 Å². The lowest BCUT2D eigenvalue weighted by atomic mass is 9.79. The third-order valence-corrected chi connectivity index (χ3v) is 4.52. The number of nitrogens with zero attached hydrogens (tertiary/aromatic N) is 1. The molecule has 2 rings (SSSR count). The van der Waals surface area contributed by atoms with Crippen LogP contribution in [-0.2, 0) is 9.31 Å². The molecule has 1 heterocycles. The topological polar surface area (TPSA) is 59.0 Å². The lowest BCUT2D eigenvalue weighted by molar-refractivity contribution is 0.00578. The Morgan fingerprint density at radius 3 is 2.09 bits per heavy atom. The van der Waals surface area contributed by atoms with Crippen molar-refractivity contribution in [2.75, 3.05) is 4.90 Å². The standard InChI is InChI=1S/C17H26BNO4/c1-15(2,3)19(14(20)21)13-10-8-9-12(11-13)18-22-16(4,5)17(6,7)23-18/h8-11H,1-7H3,(H,20,21). The summed E-state index contributed by atoms with van der Waals surface area (Å²) in [6.45, 7) is 13.6. The lowest BCUT2D eigenvalue weighted by Gasteiger charge is -2.33. The van der Waals surface area contributed by atoms with Crippen LogP contribution >= 0.6 is 0 Å². The Morgan fingerprint density at radius 1 is 1.13 bits per heavy atom. The van der Waals surface area contributed by atoms with E-state index in [0.29, 0.717) is 5.69 Å². The van der Waals surface area contributed by atoms with Gasteiger partial charge in [-0.3, -0.25) is 4.90 Å². The second-order valence-electron chi connectivity index (χ2n) is 7.97. The van der Waals surface area contributed by atoms with Crippen molar-refractivity contribution in [1.82, 2.24) is 0 Å². The van der Waals surface area contributed by atoms with Gasteiger partial charge in [0.05, 0.1) is 11.2 Å². The third-order valence-electron chi connectivity index (χ3n) is 4.52. The van der Waals surface area contributed by atoms with E-state index in [2.05, 4.69) is 0 Å². The summed E-state index contributed by atoms with van der Waals surface area (Å²) in [6.07, 6.45) is -0.983. The number of hydrogen-bond acceptors (Lipinski definition) is 3. The highest BCUT2D eigenvalue weighted by Gasteiger charge is 2.51. The van der Waals surface area contributed by atoms with Crippen LogP contribution in [0, 0.1) is 0 Å². The molecule has 0 spiro atoms. The van der Waals surface area contributed by atoms with Gasteiger partial charge in [0.1, 0.15) is 0 Å². The largest absolute Gasteiger partial charge is 0.494 e. The first-order valence-electron chi connectivity index (χ1n) is 7.84. The molecule has 0 unspecified atom stereocenters. The van der Waals surface area contributed by atoms with Crippen molar-refractivity contribution in [2.45, 2.75) is 65.2 Å². The summed E-state index contributed by atoms with van der Waals surface area (Å²) in [7, 11) is -0.504. The number of benzene rings is 1. The normalized spacial score (nSPS) is 19.7. The van der Waals surface area contributed by atoms with Gasteiger partial charge in [0.25, 0.3) is 0 Å². The maximum Gasteiger partial charge on any atom is 0.494 e. The molecule has 0 aromatic heterocycles. The van der Waals surface area contributed by atoms with Gasteiger partial charge < -0.3 is 14.4 Å². The number of amides is 1. The summed E-state index contributed by atoms with van der Waals surface area (Å²) in [4.78, 5) is 13.0. The summed E-state index contributed by atoms with van der Waals surface area (Å²) in [5.41, 5.74) is 0.0308. The van der Waals surface area contributed by atoms with Crippen LogP contribution in [0.1, 0.15) is 48.5 Å². The average molecular weight is 319 g/mol. The van der Waals surface area contributed by atoms with E-state index in [4.69, 9.17) is 9.31 Å². The number of hydrogen-bond donors (Lipinski definition) is 1. The van der Waals surface area contributed by atoms with Gasteiger partial charge >= 0.3 is 13.2 Å². The van der Waals surface area contributed by atoms with Crippen LogP contribution in [0.5, 0.6) is 0 Å². The number of rotatable bonds is 2. The second kappa shape index (κ2) is 5.53. The molecule has 0 bridgehead atoms. The maximum absolute atomic E-state index is 11.6. The highest BCUT2D eigenvalue weighted by molar-refractivity contribution is 6.62. The molecule has 1 N–H and O–H groups in total. The van der Waals surface area contributed by atoms with Gasteiger partial charge in [-0.2, -0.15) is 0 Å². The van der Waals surface area contributed by atoms with Crippen molar-refractivity contribution in [1.29, 1.82) is 0 Å². The van der Waals surface area contributed by atoms with Gasteiger partial charge in [-0.25, -0.2) is 4.79 Å². The number of carboxylic acid groups (broad SMARTS) is 1. The first kappa shape index (κ1) is 17.8. The van der Waals surface area contributed by atoms with Crippen LogP contribution in [0.3, 0.4) is 0 Å². The van der Waals surface area contributed by atoms with Crippen molar-refractivity contribution in [3.05, 3.63) is 24.3 Å². The van der Waals surface area contributed by atoms with Crippen LogP contribution in [0.25, 0.3) is 0 Å². The van der Waals surface area contributed by atoms with Crippen LogP contribution in [-0.4, -0.2) is 35.1 Å². The molecule has 0 radical (unpaired) electrons. The molecule has 6 heteroatoms. The summed E-state index contributed by atoms with van der Waals surface area (Å²) in [5, 5.41) is 9.55. The summed E-state index contributed by atoms with van der Waals surface area (Å²) in [6, 6.07) is 7.33. The summed E-state index contributed by atoms with van der Waals surface area (Å²) in [5.74, 6) is 0. The quantitative estimate of drug-likeness (QED) is 0.850. The zero-order valence-electron chi connectivity index (χ0n) is 15.0. The van der Waals surface area contributed by atoms with Crippen LogP contribution in [0.2, 0.25) is 0 Å². The molecule has 0 aliphatic carbocycles. The maximum atomic E-state index is 11.6. The van der Waals surface area contributed by atoms with Gasteiger partial charge in [-0.15, -0.1) is 0 Å². The molecule has 23 heavy (non-hydrogen) atoms. The molecule has 1 amide bonds. The first-order valence-corrected chi connectivity index (χ1v) is 7.84. The first-order chi connectivity index (χ1) is 10.3. The lowest BCUT2D eigenvalue weighted by Crippen LogP contribution is -2.46. The minimum Gasteiger partial charge on any atom is -0.465 e. The molecule has 1 fully saturated rings. The van der Waals surface area contributed by atoms with E-state index in [-0.39, 0.29) is 0 Å². The van der Waals surface area contributed by atoms with E-state index in [1.807, 2.05) is 66.7 Å². The van der Waals surface area contributed by atoms with Gasteiger partial charge in [0, 0.05) is 11.2 Å². The fourth-order valence-corrected chi connectivity index (χ4v) is 2.57. The molecule has 126 valence electrons. The molecule has 5 nitrogen and oxygen atoms in total. The Kier molecular flexibility index (Phi) is 4.28. The predicted molar refractivity (Wildman–Crippen MR) is 92.4 cm³/mol. The Bertz CT molecular complexity index is 591. The van der Waals surface area contributed by atoms with Crippen molar-refractivity contribution in [3.63, 3.8) is 0 Å². The smallest absolute Gasteiger partial charge is 0.465 e. The SMILES string of the molecule is CC(C)(C)N(C(=O)O)c1cccc(B2OC(C)(C)C(C)(C)O2)c1. The molecule has 1 saturated heterocycles. The van der Waals surface area contributed by atoms with Gasteiger partial charge in [0.15, 0.2) is 0 Å². The van der Waals surface area contributed by atoms with Crippen LogP contribution in [0.15, 0.2) is 24.3 Å². The van der Waals surface area contributed by atoms with Gasteiger partial charge in [-0.05, 0) is 66.1 Å². The fourth-order valence-electron chi connectivity index (χ4n) is 2.57. The predicted octanol–water partition coefficient (Wildman–Crippen LogP) is 3.27. The molecule has 0 saturated carbocycles. The fraction of sp³-hybridized carbons (Fsp3) is 0.588. The Morgan fingerprint density at radius 2 is 1.65 bits per heavy atom. The van der Waals surface area contributed by atoms with Crippen molar-refractivity contribution in [2.24, 2.45) is 0 Å².